The molecule has 0 aliphatic carbocycles. The maximum atomic E-state index is 12.1. The van der Waals surface area contributed by atoms with Crippen LogP contribution in [0.15, 0.2) is 22.6 Å². The normalized spacial score (nSPS) is 17.2. The topological polar surface area (TPSA) is 98.8 Å². The zero-order valence-corrected chi connectivity index (χ0v) is 13.5. The Bertz CT molecular complexity index is 741. The van der Waals surface area contributed by atoms with E-state index in [-0.39, 0.29) is 31.1 Å². The summed E-state index contributed by atoms with van der Waals surface area (Å²) in [5.41, 5.74) is 0.606. The van der Waals surface area contributed by atoms with Crippen molar-refractivity contribution in [1.29, 1.82) is 0 Å². The molecule has 1 fully saturated rings. The fraction of sp³-hybridized carbons (Fsp3) is 0.500. The number of aliphatic hydroxyl groups is 2. The van der Waals surface area contributed by atoms with Crippen LogP contribution in [0.4, 0.5) is 10.5 Å². The second-order valence-corrected chi connectivity index (χ2v) is 7.12. The Kier molecular flexibility index (Phi) is 3.57. The van der Waals surface area contributed by atoms with Crippen LogP contribution in [0.3, 0.4) is 0 Å². The molecule has 2 heterocycles. The molecule has 124 valence electrons. The third kappa shape index (κ3) is 3.02. The number of rotatable bonds is 2. The monoisotopic (exact) mass is 319 g/mol. The van der Waals surface area contributed by atoms with Gasteiger partial charge in [-0.2, -0.15) is 0 Å². The molecule has 1 aliphatic rings. The first-order valence-electron chi connectivity index (χ1n) is 7.50. The molecule has 1 aromatic heterocycles. The van der Waals surface area contributed by atoms with Gasteiger partial charge in [-0.25, -0.2) is 9.78 Å². The number of hydrogen-bond acceptors (Lipinski definition) is 5. The number of nitrogens with one attached hydrogen (secondary N) is 1. The number of hydrogen-bond donors (Lipinski definition) is 3. The number of carbonyl (C=O) groups excluding carboxylic acids is 1. The van der Waals surface area contributed by atoms with Crippen molar-refractivity contribution in [3.05, 3.63) is 24.1 Å². The van der Waals surface area contributed by atoms with Crippen LogP contribution >= 0.6 is 0 Å². The summed E-state index contributed by atoms with van der Waals surface area (Å²) in [4.78, 5) is 18.0. The lowest BCUT2D eigenvalue weighted by molar-refractivity contribution is -0.105. The van der Waals surface area contributed by atoms with Crippen molar-refractivity contribution < 1.29 is 19.4 Å². The van der Waals surface area contributed by atoms with Gasteiger partial charge in [-0.3, -0.25) is 0 Å². The van der Waals surface area contributed by atoms with Crippen LogP contribution in [0.5, 0.6) is 0 Å². The molecule has 3 N–H and O–H groups in total. The van der Waals surface area contributed by atoms with Crippen molar-refractivity contribution in [3.63, 3.8) is 0 Å². The molecule has 1 aliphatic heterocycles. The lowest BCUT2D eigenvalue weighted by Crippen LogP contribution is -2.66. The van der Waals surface area contributed by atoms with Crippen molar-refractivity contribution in [2.24, 2.45) is 0 Å². The molecule has 3 rings (SSSR count). The van der Waals surface area contributed by atoms with Gasteiger partial charge in [0.2, 0.25) is 5.89 Å². The SMILES string of the molecule is CC(C)(C)c1nc2cc(NC(=O)N3CC(O)(CO)C3)ccc2o1. The van der Waals surface area contributed by atoms with E-state index in [9.17, 15) is 9.90 Å². The maximum absolute atomic E-state index is 12.1. The highest BCUT2D eigenvalue weighted by molar-refractivity contribution is 5.92. The van der Waals surface area contributed by atoms with Gasteiger partial charge < -0.3 is 24.8 Å². The van der Waals surface area contributed by atoms with E-state index >= 15 is 0 Å². The van der Waals surface area contributed by atoms with Gasteiger partial charge in [-0.1, -0.05) is 20.8 Å². The van der Waals surface area contributed by atoms with Crippen LogP contribution in [-0.4, -0.2) is 51.4 Å². The van der Waals surface area contributed by atoms with Crippen molar-refractivity contribution in [3.8, 4) is 0 Å². The molecule has 0 atom stereocenters. The van der Waals surface area contributed by atoms with Crippen LogP contribution in [0.1, 0.15) is 26.7 Å². The molecule has 0 saturated carbocycles. The van der Waals surface area contributed by atoms with Gasteiger partial charge >= 0.3 is 6.03 Å². The average molecular weight is 319 g/mol. The van der Waals surface area contributed by atoms with Crippen LogP contribution in [0.2, 0.25) is 0 Å². The minimum atomic E-state index is -1.17. The third-order valence-corrected chi connectivity index (χ3v) is 3.83. The molecule has 0 unspecified atom stereocenters. The number of aromatic nitrogens is 1. The van der Waals surface area contributed by atoms with Gasteiger partial charge in [0, 0.05) is 11.1 Å². The number of benzene rings is 1. The number of carbonyl (C=O) groups is 1. The highest BCUT2D eigenvalue weighted by Crippen LogP contribution is 2.28. The van der Waals surface area contributed by atoms with Crippen LogP contribution in [0, 0.1) is 0 Å². The van der Waals surface area contributed by atoms with E-state index in [4.69, 9.17) is 9.52 Å². The summed E-state index contributed by atoms with van der Waals surface area (Å²) in [5.74, 6) is 0.645. The Balaban J connectivity index is 1.73. The van der Waals surface area contributed by atoms with Crippen molar-refractivity contribution in [2.75, 3.05) is 25.0 Å². The van der Waals surface area contributed by atoms with E-state index in [1.165, 1.54) is 4.90 Å². The number of fused-ring (bicyclic) bond motifs is 1. The second kappa shape index (κ2) is 5.21. The van der Waals surface area contributed by atoms with E-state index in [2.05, 4.69) is 10.3 Å². The average Bonchev–Trinajstić information content (AvgIpc) is 2.87. The summed E-state index contributed by atoms with van der Waals surface area (Å²) in [6.45, 7) is 5.95. The van der Waals surface area contributed by atoms with E-state index in [0.29, 0.717) is 22.7 Å². The standard InChI is InChI=1S/C16H21N3O4/c1-15(2,3)13-18-11-6-10(4-5-12(11)23-13)17-14(21)19-7-16(22,8-19)9-20/h4-6,20,22H,7-9H2,1-3H3,(H,17,21). The number of nitrogens with zero attached hydrogens (tertiary/aromatic N) is 2. The van der Waals surface area contributed by atoms with Crippen LogP contribution < -0.4 is 5.32 Å². The van der Waals surface area contributed by atoms with E-state index in [1.54, 1.807) is 18.2 Å². The molecule has 23 heavy (non-hydrogen) atoms. The fourth-order valence-electron chi connectivity index (χ4n) is 2.44. The summed E-state index contributed by atoms with van der Waals surface area (Å²) in [6.07, 6.45) is 0. The first-order valence-corrected chi connectivity index (χ1v) is 7.50. The Morgan fingerprint density at radius 1 is 1.43 bits per heavy atom. The van der Waals surface area contributed by atoms with Crippen LogP contribution in [-0.2, 0) is 5.41 Å². The van der Waals surface area contributed by atoms with Gasteiger partial charge in [-0.05, 0) is 18.2 Å². The molecule has 7 heteroatoms. The quantitative estimate of drug-likeness (QED) is 0.782. The molecular weight excluding hydrogens is 298 g/mol. The number of aliphatic hydroxyl groups excluding tert-OH is 1. The predicted octanol–water partition coefficient (Wildman–Crippen LogP) is 1.70. The summed E-state index contributed by atoms with van der Waals surface area (Å²) < 4.78 is 5.72. The maximum Gasteiger partial charge on any atom is 0.322 e. The first kappa shape index (κ1) is 15.8. The summed E-state index contributed by atoms with van der Waals surface area (Å²) in [6, 6.07) is 4.95. The van der Waals surface area contributed by atoms with Crippen molar-refractivity contribution >= 4 is 22.8 Å². The number of anilines is 1. The van der Waals surface area contributed by atoms with E-state index < -0.39 is 5.60 Å². The summed E-state index contributed by atoms with van der Waals surface area (Å²) in [7, 11) is 0. The van der Waals surface area contributed by atoms with Gasteiger partial charge in [0.25, 0.3) is 0 Å². The van der Waals surface area contributed by atoms with Crippen molar-refractivity contribution in [1.82, 2.24) is 9.88 Å². The highest BCUT2D eigenvalue weighted by atomic mass is 16.4. The Morgan fingerprint density at radius 2 is 2.13 bits per heavy atom. The zero-order chi connectivity index (χ0) is 16.8. The molecule has 0 bridgehead atoms. The Morgan fingerprint density at radius 3 is 2.74 bits per heavy atom. The number of amides is 2. The van der Waals surface area contributed by atoms with Gasteiger partial charge in [0.15, 0.2) is 5.58 Å². The first-order chi connectivity index (χ1) is 10.7. The lowest BCUT2D eigenvalue weighted by Gasteiger charge is -2.44. The van der Waals surface area contributed by atoms with Crippen molar-refractivity contribution in [2.45, 2.75) is 31.8 Å². The Labute approximate surface area is 133 Å². The summed E-state index contributed by atoms with van der Waals surface area (Å²) >= 11 is 0. The molecule has 2 aromatic rings. The van der Waals surface area contributed by atoms with E-state index in [1.807, 2.05) is 20.8 Å². The molecule has 1 saturated heterocycles. The predicted molar refractivity (Wildman–Crippen MR) is 85.3 cm³/mol. The number of urea groups is 1. The fourth-order valence-corrected chi connectivity index (χ4v) is 2.44. The third-order valence-electron chi connectivity index (χ3n) is 3.83. The lowest BCUT2D eigenvalue weighted by atomic mass is 9.96. The largest absolute Gasteiger partial charge is 0.440 e. The molecule has 2 amide bonds. The molecule has 0 spiro atoms. The minimum Gasteiger partial charge on any atom is -0.440 e. The minimum absolute atomic E-state index is 0.121. The number of oxazole rings is 1. The van der Waals surface area contributed by atoms with Gasteiger partial charge in [0.1, 0.15) is 11.1 Å². The molecular formula is C16H21N3O4. The summed E-state index contributed by atoms with van der Waals surface area (Å²) in [5, 5.41) is 21.5. The van der Waals surface area contributed by atoms with E-state index in [0.717, 1.165) is 0 Å². The Hall–Kier alpha value is -2.12. The number of β-amino-alcohol motifs (C(OH)–C–C–N with tert-alkyl or cyclic N) is 1. The second-order valence-electron chi connectivity index (χ2n) is 7.12. The van der Waals surface area contributed by atoms with Gasteiger partial charge in [0.05, 0.1) is 19.7 Å². The van der Waals surface area contributed by atoms with Crippen LogP contribution in [0.25, 0.3) is 11.1 Å². The number of likely N-dealkylation sites (tertiary alicyclic amines) is 1. The molecule has 7 nitrogen and oxygen atoms in total. The molecule has 1 aromatic carbocycles. The molecule has 0 radical (unpaired) electrons. The smallest absolute Gasteiger partial charge is 0.322 e. The zero-order valence-electron chi connectivity index (χ0n) is 13.5. The highest BCUT2D eigenvalue weighted by Gasteiger charge is 2.43. The van der Waals surface area contributed by atoms with Gasteiger partial charge in [-0.15, -0.1) is 0 Å².